The molecule has 0 spiro atoms. The van der Waals surface area contributed by atoms with Crippen molar-refractivity contribution < 1.29 is 23.2 Å². The summed E-state index contributed by atoms with van der Waals surface area (Å²) in [6, 6.07) is 3.59. The Bertz CT molecular complexity index is 397. The summed E-state index contributed by atoms with van der Waals surface area (Å²) in [5.41, 5.74) is -3.78. The Kier molecular flexibility index (Phi) is 2.91. The topological polar surface area (TPSA) is 63.4 Å². The van der Waals surface area contributed by atoms with Crippen LogP contribution < -0.4 is 0 Å². The highest BCUT2D eigenvalue weighted by atomic mass is 19.4. The van der Waals surface area contributed by atoms with Gasteiger partial charge in [-0.05, 0) is 24.6 Å². The van der Waals surface area contributed by atoms with Gasteiger partial charge < -0.3 is 5.11 Å². The molecule has 0 aliphatic heterocycles. The Morgan fingerprint density at radius 3 is 2.00 bits per heavy atom. The number of hydrogen-bond donors (Lipinski definition) is 1. The van der Waals surface area contributed by atoms with E-state index in [0.29, 0.717) is 6.92 Å². The van der Waals surface area contributed by atoms with Crippen LogP contribution in [0.15, 0.2) is 24.3 Å². The average molecular weight is 235 g/mol. The fourth-order valence-corrected chi connectivity index (χ4v) is 1.07. The van der Waals surface area contributed by atoms with Crippen LogP contribution in [-0.4, -0.2) is 16.2 Å². The summed E-state index contributed by atoms with van der Waals surface area (Å²) in [5.74, 6) is 0. The molecule has 0 heterocycles. The second-order valence-corrected chi connectivity index (χ2v) is 3.37. The third-order valence-corrected chi connectivity index (χ3v) is 2.19. The largest absolute Gasteiger partial charge is 0.421 e. The molecule has 1 unspecified atom stereocenters. The molecule has 0 fully saturated rings. The molecule has 0 saturated carbocycles. The summed E-state index contributed by atoms with van der Waals surface area (Å²) < 4.78 is 37.2. The predicted octanol–water partition coefficient (Wildman–Crippen LogP) is 2.36. The highest BCUT2D eigenvalue weighted by molar-refractivity contribution is 5.35. The van der Waals surface area contributed by atoms with Crippen molar-refractivity contribution in [3.63, 3.8) is 0 Å². The van der Waals surface area contributed by atoms with Crippen molar-refractivity contribution in [2.24, 2.45) is 0 Å². The number of nitro benzene ring substituents is 1. The van der Waals surface area contributed by atoms with Gasteiger partial charge in [-0.2, -0.15) is 13.2 Å². The van der Waals surface area contributed by atoms with E-state index in [1.165, 1.54) is 0 Å². The van der Waals surface area contributed by atoms with E-state index in [1.54, 1.807) is 0 Å². The van der Waals surface area contributed by atoms with Crippen LogP contribution in [0.4, 0.5) is 18.9 Å². The van der Waals surface area contributed by atoms with Crippen LogP contribution in [-0.2, 0) is 5.60 Å². The molecular weight excluding hydrogens is 227 g/mol. The summed E-state index contributed by atoms with van der Waals surface area (Å²) in [4.78, 5) is 9.55. The van der Waals surface area contributed by atoms with E-state index >= 15 is 0 Å². The summed E-state index contributed by atoms with van der Waals surface area (Å²) >= 11 is 0. The van der Waals surface area contributed by atoms with Crippen molar-refractivity contribution in [1.29, 1.82) is 0 Å². The lowest BCUT2D eigenvalue weighted by molar-refractivity contribution is -0.384. The van der Waals surface area contributed by atoms with Crippen LogP contribution in [0.3, 0.4) is 0 Å². The third-order valence-electron chi connectivity index (χ3n) is 2.19. The van der Waals surface area contributed by atoms with Crippen LogP contribution in [0.2, 0.25) is 0 Å². The monoisotopic (exact) mass is 235 g/mol. The highest BCUT2D eigenvalue weighted by Crippen LogP contribution is 2.38. The van der Waals surface area contributed by atoms with E-state index in [2.05, 4.69) is 0 Å². The lowest BCUT2D eigenvalue weighted by atomic mass is 9.95. The van der Waals surface area contributed by atoms with Gasteiger partial charge in [-0.25, -0.2) is 0 Å². The van der Waals surface area contributed by atoms with Crippen LogP contribution in [0.25, 0.3) is 0 Å². The van der Waals surface area contributed by atoms with E-state index in [4.69, 9.17) is 0 Å². The first-order chi connectivity index (χ1) is 7.16. The minimum atomic E-state index is -4.83. The van der Waals surface area contributed by atoms with Gasteiger partial charge in [0.1, 0.15) is 0 Å². The molecule has 0 aromatic heterocycles. The molecular formula is C9H8F3NO3. The van der Waals surface area contributed by atoms with Crippen molar-refractivity contribution in [3.8, 4) is 0 Å². The van der Waals surface area contributed by atoms with Crippen LogP contribution in [0, 0.1) is 10.1 Å². The van der Waals surface area contributed by atoms with Gasteiger partial charge in [-0.1, -0.05) is 0 Å². The van der Waals surface area contributed by atoms with Gasteiger partial charge in [-0.3, -0.25) is 10.1 Å². The molecule has 7 heteroatoms. The van der Waals surface area contributed by atoms with Gasteiger partial charge in [-0.15, -0.1) is 0 Å². The molecule has 1 aromatic carbocycles. The molecule has 16 heavy (non-hydrogen) atoms. The lowest BCUT2D eigenvalue weighted by Crippen LogP contribution is -2.39. The number of rotatable bonds is 2. The highest BCUT2D eigenvalue weighted by Gasteiger charge is 2.51. The molecule has 88 valence electrons. The first-order valence-corrected chi connectivity index (χ1v) is 4.20. The van der Waals surface area contributed by atoms with Crippen molar-refractivity contribution in [2.45, 2.75) is 18.7 Å². The summed E-state index contributed by atoms with van der Waals surface area (Å²) in [7, 11) is 0. The fourth-order valence-electron chi connectivity index (χ4n) is 1.07. The maximum absolute atomic E-state index is 12.4. The molecule has 4 nitrogen and oxygen atoms in total. The standard InChI is InChI=1S/C9H8F3NO3/c1-8(14,9(10,11)12)6-2-4-7(5-3-6)13(15)16/h2-5,14H,1H3. The predicted molar refractivity (Wildman–Crippen MR) is 48.7 cm³/mol. The molecule has 0 saturated heterocycles. The van der Waals surface area contributed by atoms with Crippen molar-refractivity contribution in [3.05, 3.63) is 39.9 Å². The zero-order valence-electron chi connectivity index (χ0n) is 8.15. The number of benzene rings is 1. The normalized spacial score (nSPS) is 15.6. The Balaban J connectivity index is 3.11. The molecule has 0 aliphatic carbocycles. The second-order valence-electron chi connectivity index (χ2n) is 3.37. The Morgan fingerprint density at radius 1 is 1.25 bits per heavy atom. The van der Waals surface area contributed by atoms with Crippen LogP contribution >= 0.6 is 0 Å². The second kappa shape index (κ2) is 3.75. The van der Waals surface area contributed by atoms with Crippen molar-refractivity contribution in [1.82, 2.24) is 0 Å². The molecule has 0 bridgehead atoms. The molecule has 1 atom stereocenters. The van der Waals surface area contributed by atoms with E-state index in [0.717, 1.165) is 24.3 Å². The summed E-state index contributed by atoms with van der Waals surface area (Å²) in [5, 5.41) is 19.5. The number of aliphatic hydroxyl groups is 1. The first kappa shape index (κ1) is 12.4. The molecule has 1 aromatic rings. The first-order valence-electron chi connectivity index (χ1n) is 4.20. The van der Waals surface area contributed by atoms with Gasteiger partial charge in [0.25, 0.3) is 5.69 Å². The van der Waals surface area contributed by atoms with Gasteiger partial charge in [0, 0.05) is 12.1 Å². The maximum atomic E-state index is 12.4. The van der Waals surface area contributed by atoms with E-state index in [1.807, 2.05) is 0 Å². The minimum Gasteiger partial charge on any atom is -0.376 e. The SMILES string of the molecule is CC(O)(c1ccc([N+](=O)[O-])cc1)C(F)(F)F. The van der Waals surface area contributed by atoms with E-state index < -0.39 is 22.3 Å². The Hall–Kier alpha value is -1.63. The number of hydrogen-bond acceptors (Lipinski definition) is 3. The number of non-ortho nitro benzene ring substituents is 1. The maximum Gasteiger partial charge on any atom is 0.421 e. The summed E-state index contributed by atoms with van der Waals surface area (Å²) in [6.07, 6.45) is -4.83. The Morgan fingerprint density at radius 2 is 1.69 bits per heavy atom. The molecule has 1 rings (SSSR count). The number of halogens is 3. The smallest absolute Gasteiger partial charge is 0.376 e. The zero-order chi connectivity index (χ0) is 12.6. The van der Waals surface area contributed by atoms with Crippen LogP contribution in [0.5, 0.6) is 0 Å². The molecule has 0 radical (unpaired) electrons. The third kappa shape index (κ3) is 2.13. The average Bonchev–Trinajstić information content (AvgIpc) is 2.16. The number of nitro groups is 1. The van der Waals surface area contributed by atoms with Gasteiger partial charge in [0.2, 0.25) is 0 Å². The van der Waals surface area contributed by atoms with E-state index in [-0.39, 0.29) is 5.69 Å². The van der Waals surface area contributed by atoms with Gasteiger partial charge in [0.15, 0.2) is 5.60 Å². The minimum absolute atomic E-state index is 0.332. The lowest BCUT2D eigenvalue weighted by Gasteiger charge is -2.26. The zero-order valence-corrected chi connectivity index (χ0v) is 8.15. The Labute approximate surface area is 88.5 Å². The van der Waals surface area contributed by atoms with E-state index in [9.17, 15) is 28.4 Å². The van der Waals surface area contributed by atoms with Crippen molar-refractivity contribution >= 4 is 5.69 Å². The van der Waals surface area contributed by atoms with Crippen LogP contribution in [0.1, 0.15) is 12.5 Å². The molecule has 1 N–H and O–H groups in total. The van der Waals surface area contributed by atoms with Crippen molar-refractivity contribution in [2.75, 3.05) is 0 Å². The number of alkyl halides is 3. The molecule has 0 amide bonds. The summed E-state index contributed by atoms with van der Waals surface area (Å²) in [6.45, 7) is 0.591. The van der Waals surface area contributed by atoms with Gasteiger partial charge >= 0.3 is 6.18 Å². The number of nitrogens with zero attached hydrogens (tertiary/aromatic N) is 1. The van der Waals surface area contributed by atoms with Gasteiger partial charge in [0.05, 0.1) is 4.92 Å². The quantitative estimate of drug-likeness (QED) is 0.632. The fraction of sp³-hybridized carbons (Fsp3) is 0.333. The molecule has 0 aliphatic rings.